The van der Waals surface area contributed by atoms with Gasteiger partial charge in [0.15, 0.2) is 0 Å². The van der Waals surface area contributed by atoms with Crippen molar-refractivity contribution in [3.63, 3.8) is 0 Å². The van der Waals surface area contributed by atoms with Crippen LogP contribution < -0.4 is 10.5 Å². The van der Waals surface area contributed by atoms with Gasteiger partial charge in [-0.15, -0.1) is 0 Å². The van der Waals surface area contributed by atoms with Crippen LogP contribution in [0.1, 0.15) is 18.9 Å². The Bertz CT molecular complexity index is 324. The van der Waals surface area contributed by atoms with E-state index in [2.05, 4.69) is 19.1 Å². The van der Waals surface area contributed by atoms with Crippen molar-refractivity contribution >= 4 is 0 Å². The van der Waals surface area contributed by atoms with Gasteiger partial charge in [0.1, 0.15) is 5.75 Å². The molecule has 70 valence electrons. The number of hydrogen-bond acceptors (Lipinski definition) is 2. The monoisotopic (exact) mass is 177 g/mol. The molecule has 2 heteroatoms. The standard InChI is InChI=1S/C11H15NO/c1-11(7-10(11)12)8-4-3-5-9(6-8)13-2/h3-6,10H,7,12H2,1-2H3/t10-,11?/m1/s1. The molecule has 1 fully saturated rings. The van der Waals surface area contributed by atoms with E-state index in [9.17, 15) is 0 Å². The molecule has 0 aromatic heterocycles. The van der Waals surface area contributed by atoms with Gasteiger partial charge in [-0.3, -0.25) is 0 Å². The number of hydrogen-bond donors (Lipinski definition) is 1. The van der Waals surface area contributed by atoms with Crippen molar-refractivity contribution in [2.45, 2.75) is 24.8 Å². The van der Waals surface area contributed by atoms with Crippen LogP contribution >= 0.6 is 0 Å². The molecule has 1 saturated carbocycles. The Morgan fingerprint density at radius 2 is 2.23 bits per heavy atom. The SMILES string of the molecule is COc1cccc(C2(C)C[C@H]2N)c1. The first-order valence-electron chi connectivity index (χ1n) is 4.57. The van der Waals surface area contributed by atoms with Gasteiger partial charge in [0.25, 0.3) is 0 Å². The van der Waals surface area contributed by atoms with Crippen LogP contribution in [0.25, 0.3) is 0 Å². The molecule has 0 aliphatic heterocycles. The van der Waals surface area contributed by atoms with E-state index >= 15 is 0 Å². The molecule has 2 rings (SSSR count). The Hall–Kier alpha value is -1.02. The minimum absolute atomic E-state index is 0.189. The van der Waals surface area contributed by atoms with Crippen molar-refractivity contribution in [3.05, 3.63) is 29.8 Å². The van der Waals surface area contributed by atoms with Gasteiger partial charge in [0.05, 0.1) is 7.11 Å². The molecular weight excluding hydrogens is 162 g/mol. The summed E-state index contributed by atoms with van der Waals surface area (Å²) in [5.74, 6) is 0.915. The first-order valence-corrected chi connectivity index (χ1v) is 4.57. The summed E-state index contributed by atoms with van der Waals surface area (Å²) in [6.07, 6.45) is 1.08. The molecule has 0 saturated heterocycles. The van der Waals surface area contributed by atoms with Crippen LogP contribution in [0.15, 0.2) is 24.3 Å². The van der Waals surface area contributed by atoms with Crippen molar-refractivity contribution in [2.24, 2.45) is 5.73 Å². The van der Waals surface area contributed by atoms with Crippen molar-refractivity contribution < 1.29 is 4.74 Å². The maximum absolute atomic E-state index is 5.88. The van der Waals surface area contributed by atoms with Gasteiger partial charge in [-0.05, 0) is 24.1 Å². The molecule has 0 bridgehead atoms. The van der Waals surface area contributed by atoms with Gasteiger partial charge < -0.3 is 10.5 Å². The molecule has 1 aromatic carbocycles. The third-order valence-electron chi connectivity index (χ3n) is 3.03. The highest BCUT2D eigenvalue weighted by Crippen LogP contribution is 2.46. The molecule has 0 radical (unpaired) electrons. The summed E-state index contributed by atoms with van der Waals surface area (Å²) < 4.78 is 5.17. The lowest BCUT2D eigenvalue weighted by atomic mass is 9.97. The average Bonchev–Trinajstić information content (AvgIpc) is 2.77. The molecule has 13 heavy (non-hydrogen) atoms. The topological polar surface area (TPSA) is 35.2 Å². The largest absolute Gasteiger partial charge is 0.497 e. The highest BCUT2D eigenvalue weighted by atomic mass is 16.5. The lowest BCUT2D eigenvalue weighted by molar-refractivity contribution is 0.413. The second-order valence-electron chi connectivity index (χ2n) is 3.96. The maximum atomic E-state index is 5.88. The van der Waals surface area contributed by atoms with Gasteiger partial charge in [-0.25, -0.2) is 0 Å². The smallest absolute Gasteiger partial charge is 0.119 e. The molecule has 2 nitrogen and oxygen atoms in total. The van der Waals surface area contributed by atoms with Crippen LogP contribution in [0.5, 0.6) is 5.75 Å². The minimum Gasteiger partial charge on any atom is -0.497 e. The van der Waals surface area contributed by atoms with Crippen LogP contribution in [0.2, 0.25) is 0 Å². The predicted octanol–water partition coefficient (Wildman–Crippen LogP) is 1.68. The van der Waals surface area contributed by atoms with Crippen LogP contribution in [0.3, 0.4) is 0 Å². The summed E-state index contributed by atoms with van der Waals surface area (Å²) in [6, 6.07) is 8.49. The fourth-order valence-corrected chi connectivity index (χ4v) is 1.71. The summed E-state index contributed by atoms with van der Waals surface area (Å²) >= 11 is 0. The normalized spacial score (nSPS) is 31.5. The van der Waals surface area contributed by atoms with Gasteiger partial charge in [0.2, 0.25) is 0 Å². The van der Waals surface area contributed by atoms with Crippen LogP contribution in [-0.4, -0.2) is 13.2 Å². The van der Waals surface area contributed by atoms with Gasteiger partial charge in [-0.2, -0.15) is 0 Å². The first-order chi connectivity index (χ1) is 6.16. The summed E-state index contributed by atoms with van der Waals surface area (Å²) in [5, 5.41) is 0. The summed E-state index contributed by atoms with van der Waals surface area (Å²) in [7, 11) is 1.69. The zero-order chi connectivity index (χ0) is 9.47. The van der Waals surface area contributed by atoms with Crippen LogP contribution in [0.4, 0.5) is 0 Å². The Kier molecular flexibility index (Phi) is 1.81. The van der Waals surface area contributed by atoms with E-state index < -0.39 is 0 Å². The highest BCUT2D eigenvalue weighted by Gasteiger charge is 2.48. The molecule has 0 spiro atoms. The van der Waals surface area contributed by atoms with Gasteiger partial charge >= 0.3 is 0 Å². The molecule has 2 atom stereocenters. The quantitative estimate of drug-likeness (QED) is 0.746. The fraction of sp³-hybridized carbons (Fsp3) is 0.455. The third-order valence-corrected chi connectivity index (χ3v) is 3.03. The number of benzene rings is 1. The first kappa shape index (κ1) is 8.57. The van der Waals surface area contributed by atoms with Crippen molar-refractivity contribution in [2.75, 3.05) is 7.11 Å². The predicted molar refractivity (Wildman–Crippen MR) is 52.9 cm³/mol. The number of nitrogens with two attached hydrogens (primary N) is 1. The van der Waals surface area contributed by atoms with E-state index in [0.717, 1.165) is 12.2 Å². The number of ether oxygens (including phenoxy) is 1. The molecule has 1 aliphatic rings. The maximum Gasteiger partial charge on any atom is 0.119 e. The molecule has 2 N–H and O–H groups in total. The van der Waals surface area contributed by atoms with E-state index in [0.29, 0.717) is 6.04 Å². The lowest BCUT2D eigenvalue weighted by Gasteiger charge is -2.11. The van der Waals surface area contributed by atoms with Gasteiger partial charge in [0, 0.05) is 11.5 Å². The molecular formula is C11H15NO. The molecule has 1 aliphatic carbocycles. The average molecular weight is 177 g/mol. The second-order valence-corrected chi connectivity index (χ2v) is 3.96. The molecule has 0 amide bonds. The Balaban J connectivity index is 2.31. The lowest BCUT2D eigenvalue weighted by Crippen LogP contribution is -2.14. The molecule has 1 unspecified atom stereocenters. The molecule has 0 heterocycles. The Labute approximate surface area is 78.7 Å². The molecule has 1 aromatic rings. The van der Waals surface area contributed by atoms with E-state index in [-0.39, 0.29) is 5.41 Å². The van der Waals surface area contributed by atoms with E-state index in [4.69, 9.17) is 10.5 Å². The summed E-state index contributed by atoms with van der Waals surface area (Å²) in [4.78, 5) is 0. The third kappa shape index (κ3) is 1.31. The Morgan fingerprint density at radius 1 is 1.54 bits per heavy atom. The van der Waals surface area contributed by atoms with Crippen molar-refractivity contribution in [1.29, 1.82) is 0 Å². The zero-order valence-corrected chi connectivity index (χ0v) is 8.08. The van der Waals surface area contributed by atoms with E-state index in [1.807, 2.05) is 12.1 Å². The minimum atomic E-state index is 0.189. The van der Waals surface area contributed by atoms with Crippen LogP contribution in [0, 0.1) is 0 Å². The summed E-state index contributed by atoms with van der Waals surface area (Å²) in [5.41, 5.74) is 7.36. The Morgan fingerprint density at radius 3 is 2.77 bits per heavy atom. The van der Waals surface area contributed by atoms with Crippen molar-refractivity contribution in [1.82, 2.24) is 0 Å². The van der Waals surface area contributed by atoms with E-state index in [1.165, 1.54) is 5.56 Å². The summed E-state index contributed by atoms with van der Waals surface area (Å²) in [6.45, 7) is 2.20. The zero-order valence-electron chi connectivity index (χ0n) is 8.08. The van der Waals surface area contributed by atoms with E-state index in [1.54, 1.807) is 7.11 Å². The second kappa shape index (κ2) is 2.74. The fourth-order valence-electron chi connectivity index (χ4n) is 1.71. The van der Waals surface area contributed by atoms with Crippen LogP contribution in [-0.2, 0) is 5.41 Å². The van der Waals surface area contributed by atoms with Crippen molar-refractivity contribution in [3.8, 4) is 5.75 Å². The van der Waals surface area contributed by atoms with Gasteiger partial charge in [-0.1, -0.05) is 19.1 Å². The number of rotatable bonds is 2. The highest BCUT2D eigenvalue weighted by molar-refractivity contribution is 5.39. The number of methoxy groups -OCH3 is 1.